The fraction of sp³-hybridized carbons (Fsp3) is 0.615. The zero-order valence-corrected chi connectivity index (χ0v) is 15.3. The van der Waals surface area contributed by atoms with E-state index >= 15 is 0 Å². The van der Waals surface area contributed by atoms with Gasteiger partial charge in [0.25, 0.3) is 5.91 Å². The molecule has 144 valence electrons. The molecule has 0 spiro atoms. The first-order chi connectivity index (χ1) is 12.1. The lowest BCUT2D eigenvalue weighted by molar-refractivity contribution is -0.133. The number of rotatable bonds is 5. The maximum absolute atomic E-state index is 12.7. The molecule has 0 aromatic carbocycles. The van der Waals surface area contributed by atoms with Gasteiger partial charge in [0.15, 0.2) is 6.04 Å². The summed E-state index contributed by atoms with van der Waals surface area (Å²) in [5.74, 6) is -0.367. The molecule has 3 heterocycles. The molecule has 12 nitrogen and oxygen atoms in total. The number of hydrogen-bond donors (Lipinski definition) is 2. The summed E-state index contributed by atoms with van der Waals surface area (Å²) in [6, 6.07) is -2.65. The molecule has 2 aliphatic heterocycles. The van der Waals surface area contributed by atoms with Gasteiger partial charge in [-0.15, -0.1) is 4.28 Å². The number of urea groups is 1. The van der Waals surface area contributed by atoms with E-state index in [0.29, 0.717) is 28.4 Å². The highest BCUT2D eigenvalue weighted by atomic mass is 32.3. The molecule has 1 fully saturated rings. The van der Waals surface area contributed by atoms with Gasteiger partial charge in [-0.2, -0.15) is 18.6 Å². The number of likely N-dealkylation sites (N-methyl/N-ethyl adjacent to an activating group) is 1. The third kappa shape index (κ3) is 2.82. The highest BCUT2D eigenvalue weighted by molar-refractivity contribution is 7.80. The van der Waals surface area contributed by atoms with Gasteiger partial charge in [0.2, 0.25) is 0 Å². The van der Waals surface area contributed by atoms with E-state index in [2.05, 4.69) is 9.38 Å². The van der Waals surface area contributed by atoms with Crippen LogP contribution in [0.2, 0.25) is 0 Å². The molecule has 2 bridgehead atoms. The van der Waals surface area contributed by atoms with Crippen molar-refractivity contribution in [1.29, 1.82) is 0 Å². The summed E-state index contributed by atoms with van der Waals surface area (Å²) in [5, 5.41) is 4.95. The zero-order chi connectivity index (χ0) is 19.4. The minimum atomic E-state index is -4.92. The Kier molecular flexibility index (Phi) is 4.42. The topological polar surface area (TPSA) is 151 Å². The van der Waals surface area contributed by atoms with Crippen LogP contribution < -0.4 is 5.73 Å². The van der Waals surface area contributed by atoms with Crippen molar-refractivity contribution in [3.05, 3.63) is 17.0 Å². The van der Waals surface area contributed by atoms with Gasteiger partial charge in [-0.3, -0.25) is 14.0 Å². The molecule has 0 saturated carbocycles. The van der Waals surface area contributed by atoms with E-state index in [9.17, 15) is 18.0 Å². The normalized spacial score (nSPS) is 22.0. The van der Waals surface area contributed by atoms with Crippen molar-refractivity contribution in [2.24, 2.45) is 12.8 Å². The second kappa shape index (κ2) is 6.19. The molecule has 3 amide bonds. The van der Waals surface area contributed by atoms with E-state index < -0.39 is 28.5 Å². The molecule has 1 aromatic heterocycles. The summed E-state index contributed by atoms with van der Waals surface area (Å²) in [6.07, 6.45) is 0.371. The lowest BCUT2D eigenvalue weighted by atomic mass is 9.93. The van der Waals surface area contributed by atoms with E-state index in [-0.39, 0.29) is 19.0 Å². The Morgan fingerprint density at radius 1 is 1.46 bits per heavy atom. The lowest BCUT2D eigenvalue weighted by Crippen LogP contribution is -2.44. The van der Waals surface area contributed by atoms with Crippen molar-refractivity contribution in [3.63, 3.8) is 0 Å². The summed E-state index contributed by atoms with van der Waals surface area (Å²) >= 11 is 0. The molecule has 26 heavy (non-hydrogen) atoms. The van der Waals surface area contributed by atoms with Gasteiger partial charge in [-0.1, -0.05) is 0 Å². The Morgan fingerprint density at radius 2 is 2.12 bits per heavy atom. The van der Waals surface area contributed by atoms with Crippen LogP contribution in [0.25, 0.3) is 0 Å². The van der Waals surface area contributed by atoms with Crippen LogP contribution in [0.4, 0.5) is 4.79 Å². The highest BCUT2D eigenvalue weighted by Gasteiger charge is 2.55. The Hall–Kier alpha value is -2.22. The number of carbonyl (C=O) groups excluding carboxylic acids is 2. The third-order valence-corrected chi connectivity index (χ3v) is 4.78. The van der Waals surface area contributed by atoms with Gasteiger partial charge < -0.3 is 15.5 Å². The molecule has 2 aliphatic rings. The largest absolute Gasteiger partial charge is 0.418 e. The van der Waals surface area contributed by atoms with Crippen LogP contribution in [0.15, 0.2) is 0 Å². The van der Waals surface area contributed by atoms with Crippen LogP contribution in [0.5, 0.6) is 0 Å². The van der Waals surface area contributed by atoms with Gasteiger partial charge in [0.1, 0.15) is 6.04 Å². The summed E-state index contributed by atoms with van der Waals surface area (Å²) < 4.78 is 37.4. The van der Waals surface area contributed by atoms with Gasteiger partial charge in [0.05, 0.1) is 17.9 Å². The smallest absolute Gasteiger partial charge is 0.347 e. The second-order valence-electron chi connectivity index (χ2n) is 6.32. The molecule has 2 unspecified atom stereocenters. The van der Waals surface area contributed by atoms with Crippen molar-refractivity contribution < 1.29 is 26.8 Å². The lowest BCUT2D eigenvalue weighted by Gasteiger charge is -2.32. The summed E-state index contributed by atoms with van der Waals surface area (Å²) in [4.78, 5) is 28.0. The molecular weight excluding hydrogens is 368 g/mol. The van der Waals surface area contributed by atoms with Gasteiger partial charge in [-0.25, -0.2) is 4.79 Å². The first-order valence-electron chi connectivity index (χ1n) is 7.80. The maximum atomic E-state index is 12.7. The number of aromatic nitrogens is 2. The third-order valence-electron chi connectivity index (χ3n) is 4.43. The van der Waals surface area contributed by atoms with Crippen molar-refractivity contribution in [3.8, 4) is 0 Å². The quantitative estimate of drug-likeness (QED) is 0.583. The summed E-state index contributed by atoms with van der Waals surface area (Å²) in [7, 11) is -0.177. The van der Waals surface area contributed by atoms with Crippen molar-refractivity contribution in [2.75, 3.05) is 27.2 Å². The molecule has 13 heteroatoms. The van der Waals surface area contributed by atoms with Crippen LogP contribution in [-0.2, 0) is 32.9 Å². The molecule has 3 rings (SSSR count). The van der Waals surface area contributed by atoms with Crippen LogP contribution >= 0.6 is 0 Å². The van der Waals surface area contributed by atoms with Crippen molar-refractivity contribution >= 4 is 22.3 Å². The minimum Gasteiger partial charge on any atom is -0.347 e. The number of nitrogens with two attached hydrogens (primary N) is 1. The van der Waals surface area contributed by atoms with E-state index in [0.717, 1.165) is 0 Å². The molecule has 2 atom stereocenters. The second-order valence-corrected chi connectivity index (χ2v) is 7.33. The first kappa shape index (κ1) is 18.6. The molecule has 0 radical (unpaired) electrons. The average molecular weight is 388 g/mol. The Bertz CT molecular complexity index is 865. The summed E-state index contributed by atoms with van der Waals surface area (Å²) in [5.41, 5.74) is 7.16. The maximum Gasteiger partial charge on any atom is 0.418 e. The number of amides is 3. The number of carbonyl (C=O) groups is 2. The van der Waals surface area contributed by atoms with Gasteiger partial charge in [0, 0.05) is 33.1 Å². The van der Waals surface area contributed by atoms with Gasteiger partial charge in [-0.05, 0) is 6.54 Å². The van der Waals surface area contributed by atoms with Crippen LogP contribution in [0.1, 0.15) is 29.0 Å². The fourth-order valence-electron chi connectivity index (χ4n) is 3.47. The predicted molar refractivity (Wildman–Crippen MR) is 86.7 cm³/mol. The first-order valence-corrected chi connectivity index (χ1v) is 9.17. The Balaban J connectivity index is 2.18. The monoisotopic (exact) mass is 388 g/mol. The number of aryl methyl sites for hydroxylation is 1. The Morgan fingerprint density at radius 3 is 2.65 bits per heavy atom. The van der Waals surface area contributed by atoms with E-state index in [1.807, 2.05) is 0 Å². The number of hydroxylamine groups is 2. The van der Waals surface area contributed by atoms with Crippen LogP contribution in [-0.4, -0.2) is 76.7 Å². The van der Waals surface area contributed by atoms with E-state index in [1.54, 1.807) is 21.1 Å². The Labute approximate surface area is 150 Å². The van der Waals surface area contributed by atoms with Crippen LogP contribution in [0, 0.1) is 0 Å². The minimum absolute atomic E-state index is 0.0227. The number of nitrogens with zero attached hydrogens (tertiary/aromatic N) is 5. The molecule has 0 aliphatic carbocycles. The molecule has 1 aromatic rings. The van der Waals surface area contributed by atoms with E-state index in [1.165, 1.54) is 14.5 Å². The standard InChI is InChI=1S/C13H20N6O6S/c1-16(2)12(20)11-10-9(7(4-5-14)15-17(10)3)8-6-18(11)13(21)19(8)25-26(22,23)24/h8,11H,4-6,14H2,1-3H3,(H,22,23,24). The fourth-order valence-corrected chi connectivity index (χ4v) is 3.84. The SMILES string of the molecule is CN(C)C(=O)C1c2c(c(CCN)nn2C)C2CN1C(=O)N2OS(=O)(=O)O. The highest BCUT2D eigenvalue weighted by Crippen LogP contribution is 2.46. The average Bonchev–Trinajstić information content (AvgIpc) is 2.98. The zero-order valence-electron chi connectivity index (χ0n) is 14.5. The number of fused-ring (bicyclic) bond motifs is 4. The molecule has 1 saturated heterocycles. The predicted octanol–water partition coefficient (Wildman–Crippen LogP) is -1.42. The van der Waals surface area contributed by atoms with Crippen molar-refractivity contribution in [2.45, 2.75) is 18.5 Å². The van der Waals surface area contributed by atoms with Gasteiger partial charge >= 0.3 is 16.4 Å². The molecular formula is C13H20N6O6S. The summed E-state index contributed by atoms with van der Waals surface area (Å²) in [6.45, 7) is 0.300. The molecule has 3 N–H and O–H groups in total. The van der Waals surface area contributed by atoms with Crippen LogP contribution in [0.3, 0.4) is 0 Å². The van der Waals surface area contributed by atoms with Crippen molar-refractivity contribution in [1.82, 2.24) is 24.6 Å². The number of hydrogen-bond acceptors (Lipinski definition) is 7. The van der Waals surface area contributed by atoms with E-state index in [4.69, 9.17) is 10.3 Å².